The van der Waals surface area contributed by atoms with Crippen LogP contribution >= 0.6 is 0 Å². The van der Waals surface area contributed by atoms with E-state index in [4.69, 9.17) is 6.58 Å². The van der Waals surface area contributed by atoms with E-state index in [1.54, 1.807) is 6.08 Å². The van der Waals surface area contributed by atoms with E-state index in [-0.39, 0.29) is 34.3 Å². The van der Waals surface area contributed by atoms with Crippen molar-refractivity contribution in [3.05, 3.63) is 64.2 Å². The number of allylic oxidation sites excluding steroid dienone is 3. The maximum atomic E-state index is 4.93. The zero-order valence-corrected chi connectivity index (χ0v) is 10.1. The second-order valence-electron chi connectivity index (χ2n) is 1.53. The van der Waals surface area contributed by atoms with Gasteiger partial charge in [0.25, 0.3) is 0 Å². The van der Waals surface area contributed by atoms with Gasteiger partial charge in [-0.15, -0.1) is 6.20 Å². The number of H-pyrrole nitrogens is 1. The second kappa shape index (κ2) is 22.5. The van der Waals surface area contributed by atoms with Gasteiger partial charge < -0.3 is 19.8 Å². The van der Waals surface area contributed by atoms with Crippen molar-refractivity contribution in [2.75, 3.05) is 0 Å². The Labute approximate surface area is 95.7 Å². The molecule has 0 aliphatic heterocycles. The van der Waals surface area contributed by atoms with Crippen LogP contribution in [0, 0.1) is 27.6 Å². The molecule has 1 aromatic rings. The zero-order chi connectivity index (χ0) is 7.66. The van der Waals surface area contributed by atoms with Crippen LogP contribution in [0.3, 0.4) is 0 Å². The molecule has 1 rings (SSSR count). The van der Waals surface area contributed by atoms with E-state index in [9.17, 15) is 0 Å². The molecule has 0 aromatic carbocycles. The SMILES string of the molecule is [CH-]=CC=CC.[CH3-].[CH3-].[Ru+4].[c-]1ccc[nH]1. The first kappa shape index (κ1) is 22.8. The van der Waals surface area contributed by atoms with E-state index >= 15 is 0 Å². The van der Waals surface area contributed by atoms with Crippen LogP contribution in [0.5, 0.6) is 0 Å². The minimum Gasteiger partial charge on any atom is -0.484 e. The Balaban J connectivity index is -0.0000000506. The van der Waals surface area contributed by atoms with Crippen molar-refractivity contribution in [3.63, 3.8) is 0 Å². The van der Waals surface area contributed by atoms with Crippen LogP contribution in [-0.2, 0) is 19.5 Å². The van der Waals surface area contributed by atoms with Gasteiger partial charge in [-0.2, -0.15) is 24.4 Å². The summed E-state index contributed by atoms with van der Waals surface area (Å²) in [7, 11) is 0. The maximum absolute atomic E-state index is 4.93. The average Bonchev–Trinajstić information content (AvgIpc) is 2.44. The predicted octanol–water partition coefficient (Wildman–Crippen LogP) is 3.26. The summed E-state index contributed by atoms with van der Waals surface area (Å²) in [6.45, 7) is 6.85. The fourth-order valence-electron chi connectivity index (χ4n) is 0.352. The summed E-state index contributed by atoms with van der Waals surface area (Å²) >= 11 is 0. The molecule has 1 aromatic heterocycles. The zero-order valence-electron chi connectivity index (χ0n) is 8.40. The van der Waals surface area contributed by atoms with Crippen molar-refractivity contribution < 1.29 is 19.5 Å². The van der Waals surface area contributed by atoms with Crippen LogP contribution in [0.25, 0.3) is 0 Å². The molecule has 2 heteroatoms. The maximum Gasteiger partial charge on any atom is 4.00 e. The summed E-state index contributed by atoms with van der Waals surface area (Å²) in [6, 6.07) is 3.71. The molecule has 0 saturated heterocycles. The van der Waals surface area contributed by atoms with E-state index in [0.29, 0.717) is 0 Å². The van der Waals surface area contributed by atoms with E-state index in [1.165, 1.54) is 6.08 Å². The van der Waals surface area contributed by atoms with Gasteiger partial charge in [0.2, 0.25) is 0 Å². The number of hydrogen-bond donors (Lipinski definition) is 1. The molecule has 0 fully saturated rings. The molecule has 0 atom stereocenters. The monoisotopic (exact) mass is 265 g/mol. The van der Waals surface area contributed by atoms with Crippen LogP contribution in [-0.4, -0.2) is 4.98 Å². The second-order valence-corrected chi connectivity index (χ2v) is 1.53. The summed E-state index contributed by atoms with van der Waals surface area (Å²) < 4.78 is 0. The third-order valence-corrected chi connectivity index (χ3v) is 0.746. The van der Waals surface area contributed by atoms with E-state index in [1.807, 2.05) is 31.3 Å². The Morgan fingerprint density at radius 2 is 2.00 bits per heavy atom. The molecular weight excluding hydrogens is 247 g/mol. The third-order valence-electron chi connectivity index (χ3n) is 0.746. The molecular formula is C11H17NRu. The Bertz CT molecular complexity index is 149. The molecule has 0 bridgehead atoms. The molecule has 0 spiro atoms. The molecule has 13 heavy (non-hydrogen) atoms. The van der Waals surface area contributed by atoms with E-state index in [2.05, 4.69) is 11.2 Å². The minimum atomic E-state index is 0. The van der Waals surface area contributed by atoms with Crippen LogP contribution in [0.2, 0.25) is 0 Å². The predicted molar refractivity (Wildman–Crippen MR) is 56.1 cm³/mol. The summed E-state index contributed by atoms with van der Waals surface area (Å²) in [5.41, 5.74) is 0. The van der Waals surface area contributed by atoms with Crippen molar-refractivity contribution in [2.45, 2.75) is 6.92 Å². The van der Waals surface area contributed by atoms with Crippen molar-refractivity contribution in [2.24, 2.45) is 0 Å². The van der Waals surface area contributed by atoms with Crippen LogP contribution in [0.1, 0.15) is 6.92 Å². The van der Waals surface area contributed by atoms with Crippen molar-refractivity contribution in [1.29, 1.82) is 0 Å². The van der Waals surface area contributed by atoms with Gasteiger partial charge in [0.15, 0.2) is 0 Å². The molecule has 0 saturated carbocycles. The summed E-state index contributed by atoms with van der Waals surface area (Å²) in [5.74, 6) is 0. The normalized spacial score (nSPS) is 6.54. The molecule has 0 unspecified atom stereocenters. The standard InChI is InChI=1S/C5H7.C4H4N.2CH3.Ru/c1-3-5-4-2;1-2-4-5-3-1;;;/h1,3-5H,2H3;1-3,5H;2*1H3;/q4*-1;+4. The fourth-order valence-corrected chi connectivity index (χ4v) is 0.352. The largest absolute Gasteiger partial charge is 4.00 e. The van der Waals surface area contributed by atoms with Gasteiger partial charge in [-0.1, -0.05) is 6.92 Å². The van der Waals surface area contributed by atoms with Crippen molar-refractivity contribution >= 4 is 0 Å². The van der Waals surface area contributed by atoms with Gasteiger partial charge in [0.1, 0.15) is 0 Å². The van der Waals surface area contributed by atoms with Crippen LogP contribution < -0.4 is 0 Å². The fraction of sp³-hybridized carbons (Fsp3) is 0.0909. The first-order valence-corrected chi connectivity index (χ1v) is 3.07. The van der Waals surface area contributed by atoms with Gasteiger partial charge in [0, 0.05) is 0 Å². The summed E-state index contributed by atoms with van der Waals surface area (Å²) in [4.78, 5) is 2.74. The first-order chi connectivity index (χ1) is 4.91. The number of hydrogen-bond acceptors (Lipinski definition) is 0. The Hall–Kier alpha value is -0.617. The molecule has 1 N–H and O–H groups in total. The number of aromatic nitrogens is 1. The summed E-state index contributed by atoms with van der Waals surface area (Å²) in [5, 5.41) is 0. The number of aromatic amines is 1. The van der Waals surface area contributed by atoms with Gasteiger partial charge in [-0.3, -0.25) is 6.58 Å². The van der Waals surface area contributed by atoms with E-state index in [0.717, 1.165) is 0 Å². The Morgan fingerprint density at radius 3 is 2.08 bits per heavy atom. The van der Waals surface area contributed by atoms with Crippen LogP contribution in [0.4, 0.5) is 0 Å². The van der Waals surface area contributed by atoms with Crippen molar-refractivity contribution in [1.82, 2.24) is 4.98 Å². The number of nitrogens with one attached hydrogen (secondary N) is 1. The topological polar surface area (TPSA) is 15.8 Å². The Kier molecular flexibility index (Phi) is 39.5. The summed E-state index contributed by atoms with van der Waals surface area (Å²) in [6.07, 6.45) is 9.71. The smallest absolute Gasteiger partial charge is 0.484 e. The van der Waals surface area contributed by atoms with Crippen LogP contribution in [0.15, 0.2) is 36.6 Å². The van der Waals surface area contributed by atoms with Crippen molar-refractivity contribution in [3.8, 4) is 0 Å². The van der Waals surface area contributed by atoms with Gasteiger partial charge in [-0.25, -0.2) is 12.2 Å². The molecule has 0 aliphatic rings. The molecule has 1 nitrogen and oxygen atoms in total. The van der Waals surface area contributed by atoms with Gasteiger partial charge in [-0.05, 0) is 0 Å². The number of rotatable bonds is 1. The van der Waals surface area contributed by atoms with Gasteiger partial charge in [0.05, 0.1) is 0 Å². The molecule has 0 radical (unpaired) electrons. The average molecular weight is 264 g/mol. The molecule has 74 valence electrons. The van der Waals surface area contributed by atoms with E-state index < -0.39 is 0 Å². The Morgan fingerprint density at radius 1 is 1.38 bits per heavy atom. The molecule has 1 heterocycles. The minimum absolute atomic E-state index is 0. The third kappa shape index (κ3) is 24.6. The molecule has 0 aliphatic carbocycles. The van der Waals surface area contributed by atoms with Gasteiger partial charge >= 0.3 is 19.5 Å². The quantitative estimate of drug-likeness (QED) is 0.455. The first-order valence-electron chi connectivity index (χ1n) is 3.07. The molecule has 0 amide bonds.